The first kappa shape index (κ1) is 20.8. The Morgan fingerprint density at radius 1 is 1.19 bits per heavy atom. The maximum Gasteiger partial charge on any atom is 0.251 e. The van der Waals surface area contributed by atoms with Gasteiger partial charge in [0.1, 0.15) is 5.82 Å². The summed E-state index contributed by atoms with van der Waals surface area (Å²) in [5, 5.41) is 11.0. The van der Waals surface area contributed by atoms with Gasteiger partial charge in [-0.15, -0.1) is 0 Å². The van der Waals surface area contributed by atoms with Crippen LogP contribution in [0.2, 0.25) is 0 Å². The van der Waals surface area contributed by atoms with Gasteiger partial charge in [0.15, 0.2) is 0 Å². The highest BCUT2D eigenvalue weighted by Gasteiger charge is 2.08. The zero-order chi connectivity index (χ0) is 19.7. The van der Waals surface area contributed by atoms with Gasteiger partial charge in [-0.3, -0.25) is 4.79 Å². The first-order chi connectivity index (χ1) is 12.9. The summed E-state index contributed by atoms with van der Waals surface area (Å²) in [7, 11) is -2.04. The number of rotatable bonds is 10. The van der Waals surface area contributed by atoms with Crippen LogP contribution in [-0.4, -0.2) is 46.1 Å². The Labute approximate surface area is 159 Å². The van der Waals surface area contributed by atoms with Crippen molar-refractivity contribution in [2.24, 2.45) is 5.14 Å². The molecule has 0 aliphatic heterocycles. The fourth-order valence-corrected chi connectivity index (χ4v) is 2.89. The van der Waals surface area contributed by atoms with Crippen LogP contribution in [0.3, 0.4) is 0 Å². The summed E-state index contributed by atoms with van der Waals surface area (Å²) in [4.78, 5) is 16.5. The number of benzene rings is 1. The first-order valence-electron chi connectivity index (χ1n) is 8.49. The average Bonchev–Trinajstić information content (AvgIpc) is 2.65. The number of ether oxygens (including phenoxy) is 1. The minimum Gasteiger partial charge on any atom is -0.385 e. The summed E-state index contributed by atoms with van der Waals surface area (Å²) in [6.07, 6.45) is 3.00. The second-order valence-electron chi connectivity index (χ2n) is 5.90. The Hall–Kier alpha value is -2.49. The Kier molecular flexibility index (Phi) is 7.71. The molecule has 0 bridgehead atoms. The minimum absolute atomic E-state index is 0.0672. The number of hydrogen-bond donors (Lipinski definition) is 3. The third-order valence-electron chi connectivity index (χ3n) is 3.80. The largest absolute Gasteiger partial charge is 0.385 e. The number of hydrogen-bond acceptors (Lipinski definition) is 6. The van der Waals surface area contributed by atoms with Crippen LogP contribution in [0.25, 0.3) is 0 Å². The molecule has 1 heterocycles. The van der Waals surface area contributed by atoms with E-state index in [9.17, 15) is 13.2 Å². The molecule has 146 valence electrons. The van der Waals surface area contributed by atoms with Crippen LogP contribution in [-0.2, 0) is 21.2 Å². The Morgan fingerprint density at radius 3 is 2.59 bits per heavy atom. The standard InChI is InChI=1S/C18H24N4O4S/c1-26-12-2-9-20-17-13-15(8-11-21-17)18(23)22-10-7-14-3-5-16(6-4-14)27(19,24)25/h3-6,8,11,13H,2,7,9-10,12H2,1H3,(H,20,21)(H,22,23)(H2,19,24,25). The van der Waals surface area contributed by atoms with Crippen LogP contribution in [0, 0.1) is 0 Å². The van der Waals surface area contributed by atoms with Crippen LogP contribution in [0.15, 0.2) is 47.5 Å². The first-order valence-corrected chi connectivity index (χ1v) is 10.0. The molecule has 0 aliphatic rings. The summed E-state index contributed by atoms with van der Waals surface area (Å²) in [6, 6.07) is 9.62. The molecular formula is C18H24N4O4S. The number of nitrogens with zero attached hydrogens (tertiary/aromatic N) is 1. The number of methoxy groups -OCH3 is 1. The number of carbonyl (C=O) groups excluding carboxylic acids is 1. The van der Waals surface area contributed by atoms with E-state index in [1.807, 2.05) is 0 Å². The van der Waals surface area contributed by atoms with Crippen molar-refractivity contribution in [2.75, 3.05) is 32.1 Å². The number of aromatic nitrogens is 1. The summed E-state index contributed by atoms with van der Waals surface area (Å²) in [5.41, 5.74) is 1.42. The lowest BCUT2D eigenvalue weighted by Crippen LogP contribution is -2.25. The number of amides is 1. The maximum absolute atomic E-state index is 12.3. The highest BCUT2D eigenvalue weighted by atomic mass is 32.2. The maximum atomic E-state index is 12.3. The number of anilines is 1. The lowest BCUT2D eigenvalue weighted by molar-refractivity contribution is 0.0954. The predicted molar refractivity (Wildman–Crippen MR) is 103 cm³/mol. The Bertz CT molecular complexity index is 854. The summed E-state index contributed by atoms with van der Waals surface area (Å²) >= 11 is 0. The van der Waals surface area contributed by atoms with E-state index in [0.29, 0.717) is 37.5 Å². The van der Waals surface area contributed by atoms with Crippen molar-refractivity contribution >= 4 is 21.7 Å². The molecule has 4 N–H and O–H groups in total. The van der Waals surface area contributed by atoms with Gasteiger partial charge in [0.2, 0.25) is 10.0 Å². The number of primary sulfonamides is 1. The third kappa shape index (κ3) is 6.97. The SMILES string of the molecule is COCCCNc1cc(C(=O)NCCc2ccc(S(N)(=O)=O)cc2)ccn1. The van der Waals surface area contributed by atoms with Crippen LogP contribution in [0.1, 0.15) is 22.3 Å². The average molecular weight is 392 g/mol. The van der Waals surface area contributed by atoms with E-state index in [1.54, 1.807) is 37.6 Å². The van der Waals surface area contributed by atoms with Gasteiger partial charge in [0.05, 0.1) is 4.90 Å². The lowest BCUT2D eigenvalue weighted by Gasteiger charge is -2.08. The molecule has 0 saturated heterocycles. The van der Waals surface area contributed by atoms with E-state index in [0.717, 1.165) is 12.0 Å². The number of nitrogens with two attached hydrogens (primary N) is 1. The zero-order valence-corrected chi connectivity index (χ0v) is 16.0. The Balaban J connectivity index is 1.83. The van der Waals surface area contributed by atoms with Crippen LogP contribution in [0.4, 0.5) is 5.82 Å². The normalized spacial score (nSPS) is 11.2. The van der Waals surface area contributed by atoms with Crippen molar-refractivity contribution in [1.29, 1.82) is 0 Å². The monoisotopic (exact) mass is 392 g/mol. The number of sulfonamides is 1. The van der Waals surface area contributed by atoms with Crippen molar-refractivity contribution in [2.45, 2.75) is 17.7 Å². The quantitative estimate of drug-likeness (QED) is 0.521. The molecule has 1 amide bonds. The number of nitrogens with one attached hydrogen (secondary N) is 2. The van der Waals surface area contributed by atoms with Crippen molar-refractivity contribution in [3.05, 3.63) is 53.7 Å². The second-order valence-corrected chi connectivity index (χ2v) is 7.46. The van der Waals surface area contributed by atoms with Crippen molar-refractivity contribution in [1.82, 2.24) is 10.3 Å². The summed E-state index contributed by atoms with van der Waals surface area (Å²) in [5.74, 6) is 0.441. The zero-order valence-electron chi connectivity index (χ0n) is 15.1. The molecule has 0 fully saturated rings. The molecule has 8 nitrogen and oxygen atoms in total. The van der Waals surface area contributed by atoms with Crippen LogP contribution in [0.5, 0.6) is 0 Å². The van der Waals surface area contributed by atoms with E-state index in [-0.39, 0.29) is 10.8 Å². The van der Waals surface area contributed by atoms with E-state index in [4.69, 9.17) is 9.88 Å². The van der Waals surface area contributed by atoms with Crippen molar-refractivity contribution in [3.63, 3.8) is 0 Å². The molecule has 1 aromatic carbocycles. The molecule has 0 aliphatic carbocycles. The number of pyridine rings is 1. The van der Waals surface area contributed by atoms with Crippen LogP contribution >= 0.6 is 0 Å². The van der Waals surface area contributed by atoms with E-state index >= 15 is 0 Å². The van der Waals surface area contributed by atoms with Crippen molar-refractivity contribution in [3.8, 4) is 0 Å². The topological polar surface area (TPSA) is 123 Å². The smallest absolute Gasteiger partial charge is 0.251 e. The molecule has 0 spiro atoms. The van der Waals surface area contributed by atoms with Gasteiger partial charge >= 0.3 is 0 Å². The molecule has 0 saturated carbocycles. The fourth-order valence-electron chi connectivity index (χ4n) is 2.37. The van der Waals surface area contributed by atoms with Gasteiger partial charge in [0.25, 0.3) is 5.91 Å². The Morgan fingerprint density at radius 2 is 1.93 bits per heavy atom. The lowest BCUT2D eigenvalue weighted by atomic mass is 10.1. The van der Waals surface area contributed by atoms with Gasteiger partial charge in [-0.2, -0.15) is 0 Å². The molecule has 2 rings (SSSR count). The van der Waals surface area contributed by atoms with Gasteiger partial charge in [-0.1, -0.05) is 12.1 Å². The number of carbonyl (C=O) groups is 1. The second kappa shape index (κ2) is 10.0. The molecule has 0 unspecified atom stereocenters. The molecule has 1 aromatic heterocycles. The highest BCUT2D eigenvalue weighted by molar-refractivity contribution is 7.89. The minimum atomic E-state index is -3.69. The van der Waals surface area contributed by atoms with E-state index in [2.05, 4.69) is 15.6 Å². The molecule has 2 aromatic rings. The van der Waals surface area contributed by atoms with Gasteiger partial charge in [0, 0.05) is 38.6 Å². The van der Waals surface area contributed by atoms with Gasteiger partial charge in [-0.05, 0) is 42.7 Å². The third-order valence-corrected chi connectivity index (χ3v) is 4.73. The molecule has 27 heavy (non-hydrogen) atoms. The van der Waals surface area contributed by atoms with Crippen molar-refractivity contribution < 1.29 is 17.9 Å². The summed E-state index contributed by atoms with van der Waals surface area (Å²) < 4.78 is 27.5. The molecule has 9 heteroatoms. The van der Waals surface area contributed by atoms with Gasteiger partial charge < -0.3 is 15.4 Å². The molecule has 0 radical (unpaired) electrons. The fraction of sp³-hybridized carbons (Fsp3) is 0.333. The highest BCUT2D eigenvalue weighted by Crippen LogP contribution is 2.10. The summed E-state index contributed by atoms with van der Waals surface area (Å²) in [6.45, 7) is 1.79. The molecular weight excluding hydrogens is 368 g/mol. The van der Waals surface area contributed by atoms with Crippen LogP contribution < -0.4 is 15.8 Å². The van der Waals surface area contributed by atoms with E-state index in [1.165, 1.54) is 12.1 Å². The van der Waals surface area contributed by atoms with E-state index < -0.39 is 10.0 Å². The predicted octanol–water partition coefficient (Wildman–Crippen LogP) is 1.15. The molecule has 0 atom stereocenters. The van der Waals surface area contributed by atoms with Gasteiger partial charge in [-0.25, -0.2) is 18.5 Å².